The Morgan fingerprint density at radius 3 is 2.57 bits per heavy atom. The highest BCUT2D eigenvalue weighted by atomic mass is 16.5. The third-order valence-corrected chi connectivity index (χ3v) is 4.92. The van der Waals surface area contributed by atoms with Gasteiger partial charge in [-0.25, -0.2) is 4.98 Å². The first-order valence-corrected chi connectivity index (χ1v) is 7.59. The summed E-state index contributed by atoms with van der Waals surface area (Å²) < 4.78 is 5.73. The van der Waals surface area contributed by atoms with Gasteiger partial charge in [0.15, 0.2) is 0 Å². The van der Waals surface area contributed by atoms with Crippen molar-refractivity contribution < 1.29 is 9.53 Å². The van der Waals surface area contributed by atoms with Crippen molar-refractivity contribution >= 4 is 6.29 Å². The van der Waals surface area contributed by atoms with E-state index in [-0.39, 0.29) is 11.3 Å². The number of rotatable bonds is 5. The highest BCUT2D eigenvalue weighted by Crippen LogP contribution is 2.68. The van der Waals surface area contributed by atoms with E-state index in [4.69, 9.17) is 4.74 Å². The number of para-hydroxylation sites is 1. The SMILES string of the molecule is CC1(C)C(C=O)C1(C#N)Cc1cccc(Oc2ccccc2)n1. The lowest BCUT2D eigenvalue weighted by atomic mass is 9.92. The van der Waals surface area contributed by atoms with Gasteiger partial charge in [-0.1, -0.05) is 38.1 Å². The normalized spacial score (nSPS) is 24.5. The Kier molecular flexibility index (Phi) is 3.65. The van der Waals surface area contributed by atoms with Crippen molar-refractivity contribution in [1.82, 2.24) is 4.98 Å². The maximum absolute atomic E-state index is 11.3. The highest BCUT2D eigenvalue weighted by molar-refractivity contribution is 5.66. The fourth-order valence-corrected chi connectivity index (χ4v) is 3.28. The molecule has 0 spiro atoms. The molecule has 1 aromatic carbocycles. The summed E-state index contributed by atoms with van der Waals surface area (Å²) in [7, 11) is 0. The molecule has 1 aromatic heterocycles. The maximum Gasteiger partial charge on any atom is 0.219 e. The zero-order valence-electron chi connectivity index (χ0n) is 13.2. The van der Waals surface area contributed by atoms with Gasteiger partial charge in [0.1, 0.15) is 12.0 Å². The van der Waals surface area contributed by atoms with Crippen LogP contribution in [0.4, 0.5) is 0 Å². The Balaban J connectivity index is 1.81. The number of ether oxygens (including phenoxy) is 1. The van der Waals surface area contributed by atoms with Crippen molar-refractivity contribution in [1.29, 1.82) is 5.26 Å². The Labute approximate surface area is 135 Å². The quantitative estimate of drug-likeness (QED) is 0.789. The van der Waals surface area contributed by atoms with E-state index in [2.05, 4.69) is 11.1 Å². The lowest BCUT2D eigenvalue weighted by Crippen LogP contribution is -2.12. The van der Waals surface area contributed by atoms with Crippen LogP contribution in [0.25, 0.3) is 0 Å². The Hall–Kier alpha value is -2.67. The highest BCUT2D eigenvalue weighted by Gasteiger charge is 2.72. The minimum Gasteiger partial charge on any atom is -0.439 e. The Morgan fingerprint density at radius 2 is 1.96 bits per heavy atom. The first-order chi connectivity index (χ1) is 11.0. The van der Waals surface area contributed by atoms with Gasteiger partial charge in [0, 0.05) is 24.1 Å². The molecule has 0 bridgehead atoms. The summed E-state index contributed by atoms with van der Waals surface area (Å²) in [5.74, 6) is 0.952. The van der Waals surface area contributed by atoms with Gasteiger partial charge in [-0.05, 0) is 23.6 Å². The molecule has 116 valence electrons. The van der Waals surface area contributed by atoms with E-state index < -0.39 is 5.41 Å². The third kappa shape index (κ3) is 2.49. The summed E-state index contributed by atoms with van der Waals surface area (Å²) >= 11 is 0. The number of carbonyl (C=O) groups excluding carboxylic acids is 1. The molecule has 0 amide bonds. The molecule has 0 N–H and O–H groups in total. The molecular weight excluding hydrogens is 288 g/mol. The minimum atomic E-state index is -0.673. The second-order valence-electron chi connectivity index (χ2n) is 6.48. The lowest BCUT2D eigenvalue weighted by Gasteiger charge is -2.12. The van der Waals surface area contributed by atoms with Crippen molar-refractivity contribution in [3.05, 3.63) is 54.2 Å². The molecule has 0 aliphatic heterocycles. The number of carbonyl (C=O) groups is 1. The summed E-state index contributed by atoms with van der Waals surface area (Å²) in [5, 5.41) is 9.59. The average molecular weight is 306 g/mol. The summed E-state index contributed by atoms with van der Waals surface area (Å²) in [6, 6.07) is 17.3. The molecule has 1 aliphatic rings. The number of pyridine rings is 1. The van der Waals surface area contributed by atoms with E-state index in [1.54, 1.807) is 6.07 Å². The van der Waals surface area contributed by atoms with Gasteiger partial charge in [0.05, 0.1) is 11.5 Å². The molecular formula is C19H18N2O2. The zero-order chi connectivity index (χ0) is 16.5. The van der Waals surface area contributed by atoms with Crippen molar-refractivity contribution in [2.24, 2.45) is 16.7 Å². The molecule has 4 heteroatoms. The average Bonchev–Trinajstić information content (AvgIpc) is 3.02. The predicted octanol–water partition coefficient (Wildman–Crippen LogP) is 3.78. The molecule has 1 aliphatic carbocycles. The van der Waals surface area contributed by atoms with Gasteiger partial charge in [0.2, 0.25) is 5.88 Å². The largest absolute Gasteiger partial charge is 0.439 e. The monoisotopic (exact) mass is 306 g/mol. The first-order valence-electron chi connectivity index (χ1n) is 7.59. The van der Waals surface area contributed by atoms with Crippen LogP contribution in [0.1, 0.15) is 19.5 Å². The second kappa shape index (κ2) is 5.51. The lowest BCUT2D eigenvalue weighted by molar-refractivity contribution is -0.109. The molecule has 2 aromatic rings. The van der Waals surface area contributed by atoms with E-state index in [1.807, 2.05) is 56.3 Å². The molecule has 0 radical (unpaired) electrons. The van der Waals surface area contributed by atoms with Crippen LogP contribution in [0.2, 0.25) is 0 Å². The van der Waals surface area contributed by atoms with Crippen LogP contribution in [0.3, 0.4) is 0 Å². The number of aromatic nitrogens is 1. The number of hydrogen-bond donors (Lipinski definition) is 0. The van der Waals surface area contributed by atoms with Gasteiger partial charge in [0.25, 0.3) is 0 Å². The smallest absolute Gasteiger partial charge is 0.219 e. The zero-order valence-corrected chi connectivity index (χ0v) is 13.2. The van der Waals surface area contributed by atoms with Crippen LogP contribution < -0.4 is 4.74 Å². The van der Waals surface area contributed by atoms with E-state index in [0.717, 1.165) is 12.0 Å². The van der Waals surface area contributed by atoms with Crippen molar-refractivity contribution in [3.8, 4) is 17.7 Å². The molecule has 0 saturated heterocycles. The minimum absolute atomic E-state index is 0.250. The van der Waals surface area contributed by atoms with Gasteiger partial charge in [-0.15, -0.1) is 0 Å². The summed E-state index contributed by atoms with van der Waals surface area (Å²) in [5.41, 5.74) is -0.230. The maximum atomic E-state index is 11.3. The van der Waals surface area contributed by atoms with Crippen LogP contribution in [0.15, 0.2) is 48.5 Å². The Bertz CT molecular complexity index is 764. The molecule has 2 atom stereocenters. The van der Waals surface area contributed by atoms with E-state index >= 15 is 0 Å². The number of aldehydes is 1. The molecule has 23 heavy (non-hydrogen) atoms. The van der Waals surface area contributed by atoms with E-state index in [0.29, 0.717) is 18.1 Å². The summed E-state index contributed by atoms with van der Waals surface area (Å²) in [6.45, 7) is 3.92. The van der Waals surface area contributed by atoms with Crippen LogP contribution >= 0.6 is 0 Å². The van der Waals surface area contributed by atoms with Crippen molar-refractivity contribution in [3.63, 3.8) is 0 Å². The van der Waals surface area contributed by atoms with Crippen LogP contribution in [-0.4, -0.2) is 11.3 Å². The van der Waals surface area contributed by atoms with E-state index in [1.165, 1.54) is 0 Å². The standard InChI is InChI=1S/C19H18N2O2/c1-18(2)16(12-22)19(18,13-20)11-14-7-6-10-17(21-14)23-15-8-4-3-5-9-15/h3-10,12,16H,11H2,1-2H3. The van der Waals surface area contributed by atoms with Gasteiger partial charge < -0.3 is 9.53 Å². The summed E-state index contributed by atoms with van der Waals surface area (Å²) in [4.78, 5) is 15.7. The number of nitriles is 1. The fraction of sp³-hybridized carbons (Fsp3) is 0.316. The Morgan fingerprint density at radius 1 is 1.22 bits per heavy atom. The number of nitrogens with zero attached hydrogens (tertiary/aromatic N) is 2. The fourth-order valence-electron chi connectivity index (χ4n) is 3.28. The van der Waals surface area contributed by atoms with Gasteiger partial charge >= 0.3 is 0 Å². The van der Waals surface area contributed by atoms with Crippen LogP contribution in [0.5, 0.6) is 11.6 Å². The van der Waals surface area contributed by atoms with Crippen LogP contribution in [0, 0.1) is 28.1 Å². The molecule has 3 rings (SSSR count). The molecule has 4 nitrogen and oxygen atoms in total. The van der Waals surface area contributed by atoms with Crippen molar-refractivity contribution in [2.75, 3.05) is 0 Å². The number of hydrogen-bond acceptors (Lipinski definition) is 4. The molecule has 1 fully saturated rings. The topological polar surface area (TPSA) is 63.0 Å². The predicted molar refractivity (Wildman–Crippen MR) is 85.8 cm³/mol. The molecule has 2 unspecified atom stereocenters. The molecule has 1 saturated carbocycles. The van der Waals surface area contributed by atoms with Crippen molar-refractivity contribution in [2.45, 2.75) is 20.3 Å². The van der Waals surface area contributed by atoms with Gasteiger partial charge in [-0.2, -0.15) is 5.26 Å². The molecule has 1 heterocycles. The number of benzene rings is 1. The first kappa shape index (κ1) is 15.2. The van der Waals surface area contributed by atoms with E-state index in [9.17, 15) is 10.1 Å². The second-order valence-corrected chi connectivity index (χ2v) is 6.48. The van der Waals surface area contributed by atoms with Crippen LogP contribution in [-0.2, 0) is 11.2 Å². The third-order valence-electron chi connectivity index (χ3n) is 4.92. The van der Waals surface area contributed by atoms with Gasteiger partial charge in [-0.3, -0.25) is 0 Å². The summed E-state index contributed by atoms with van der Waals surface area (Å²) in [6.07, 6.45) is 1.35.